The van der Waals surface area contributed by atoms with Crippen molar-refractivity contribution in [1.29, 1.82) is 0 Å². The molecule has 2 heterocycles. The summed E-state index contributed by atoms with van der Waals surface area (Å²) in [6.07, 6.45) is 5.31. The van der Waals surface area contributed by atoms with E-state index in [2.05, 4.69) is 25.9 Å². The predicted molar refractivity (Wildman–Crippen MR) is 197 cm³/mol. The molecular formula is C36H50Cl2N8O7. The van der Waals surface area contributed by atoms with E-state index < -0.39 is 5.91 Å². The van der Waals surface area contributed by atoms with Crippen LogP contribution in [0.15, 0.2) is 48.5 Å². The van der Waals surface area contributed by atoms with Crippen LogP contribution < -0.4 is 49.3 Å². The highest BCUT2D eigenvalue weighted by Gasteiger charge is 2.35. The molecule has 0 bridgehead atoms. The van der Waals surface area contributed by atoms with Crippen LogP contribution in [0.3, 0.4) is 0 Å². The lowest BCUT2D eigenvalue weighted by Crippen LogP contribution is -3.00. The number of anilines is 2. The Labute approximate surface area is 320 Å². The van der Waals surface area contributed by atoms with Gasteiger partial charge in [0.05, 0.1) is 45.4 Å². The Morgan fingerprint density at radius 2 is 1.32 bits per heavy atom. The molecule has 1 aliphatic rings. The Morgan fingerprint density at radius 1 is 0.811 bits per heavy atom. The third kappa shape index (κ3) is 14.2. The molecule has 1 aliphatic heterocycles. The normalized spacial score (nSPS) is 14.7. The van der Waals surface area contributed by atoms with Crippen molar-refractivity contribution in [3.63, 3.8) is 0 Å². The first-order chi connectivity index (χ1) is 25.1. The number of likely N-dealkylation sites (tertiary alicyclic amines) is 1. The van der Waals surface area contributed by atoms with E-state index in [1.165, 1.54) is 0 Å². The molecule has 17 heteroatoms. The fourth-order valence-corrected chi connectivity index (χ4v) is 6.48. The lowest BCUT2D eigenvalue weighted by atomic mass is 9.99. The Balaban J connectivity index is 0.00000756. The topological polar surface area (TPSA) is 224 Å². The van der Waals surface area contributed by atoms with Crippen LogP contribution in [-0.2, 0) is 22.4 Å². The zero-order valence-electron chi connectivity index (χ0n) is 29.7. The number of nitrogens with two attached hydrogens (primary N) is 2. The van der Waals surface area contributed by atoms with Crippen molar-refractivity contribution >= 4 is 41.0 Å². The number of nitrogens with zero attached hydrogens (tertiary/aromatic N) is 3. The summed E-state index contributed by atoms with van der Waals surface area (Å²) in [5, 5.41) is 25.9. The van der Waals surface area contributed by atoms with Crippen molar-refractivity contribution in [3.05, 3.63) is 70.5 Å². The maximum Gasteiger partial charge on any atom is 0.274 e. The van der Waals surface area contributed by atoms with Crippen LogP contribution in [0, 0.1) is 0 Å². The van der Waals surface area contributed by atoms with E-state index in [1.54, 1.807) is 0 Å². The second kappa shape index (κ2) is 22.0. The number of hydrogen-bond donors (Lipinski definition) is 7. The Kier molecular flexibility index (Phi) is 17.8. The predicted octanol–water partition coefficient (Wildman–Crippen LogP) is -1.75. The number of piperidine rings is 1. The number of nitrogens with one attached hydrogen (secondary N) is 3. The number of rotatable bonds is 20. The van der Waals surface area contributed by atoms with E-state index in [0.29, 0.717) is 11.5 Å². The molecule has 9 N–H and O–H groups in total. The molecule has 53 heavy (non-hydrogen) atoms. The van der Waals surface area contributed by atoms with Crippen LogP contribution in [-0.4, -0.2) is 114 Å². The van der Waals surface area contributed by atoms with Crippen LogP contribution in [0.1, 0.15) is 47.3 Å². The number of benzene rings is 2. The molecule has 0 aliphatic carbocycles. The SMILES string of the molecule is Nc1nc(N)c(C(=O)N[C@H]2CCC[N+](CCCc3ccc(OCC(=O)NCCO)cc3)(CCCc3ccc(OCC(=O)NCCO)cc3)C2)nc1Cl.[Cl-]. The first kappa shape index (κ1) is 43.0. The van der Waals surface area contributed by atoms with E-state index in [0.717, 1.165) is 80.3 Å². The van der Waals surface area contributed by atoms with Crippen molar-refractivity contribution in [2.75, 3.05) is 77.2 Å². The van der Waals surface area contributed by atoms with Gasteiger partial charge in [0.25, 0.3) is 17.7 Å². The summed E-state index contributed by atoms with van der Waals surface area (Å²) in [7, 11) is 0. The maximum absolute atomic E-state index is 13.2. The highest BCUT2D eigenvalue weighted by molar-refractivity contribution is 6.31. The lowest BCUT2D eigenvalue weighted by Gasteiger charge is -2.45. The van der Waals surface area contributed by atoms with Gasteiger partial charge in [-0.05, 0) is 61.1 Å². The number of carbonyl (C=O) groups is 3. The standard InChI is InChI=1S/C36H49ClN8O7.ClH/c37-33-35(39)44-34(38)32(43-33)36(50)42-27-6-3-19-45(22-27,17-1-4-25-7-11-28(12-8-25)51-23-30(48)40-15-20-46)18-2-5-26-9-13-29(14-10-26)52-24-31(49)41-16-21-47;/h7-14,27,46-47H,1-6,15-24H2,(H6-,38,39,40,41,42,44,48,49,50);1H/t27-;/m0./s1. The average Bonchev–Trinajstić information content (AvgIpc) is 3.14. The molecule has 1 aromatic heterocycles. The summed E-state index contributed by atoms with van der Waals surface area (Å²) >= 11 is 6.04. The molecule has 0 unspecified atom stereocenters. The summed E-state index contributed by atoms with van der Waals surface area (Å²) in [6.45, 7) is 3.44. The molecule has 3 amide bonds. The Bertz CT molecular complexity index is 1540. The molecule has 3 aromatic rings. The number of quaternary nitrogens is 1. The molecule has 15 nitrogen and oxygen atoms in total. The fraction of sp³-hybridized carbons (Fsp3) is 0.472. The summed E-state index contributed by atoms with van der Waals surface area (Å²) < 4.78 is 12.0. The summed E-state index contributed by atoms with van der Waals surface area (Å²) in [5.74, 6) is 0.0709. The minimum atomic E-state index is -0.432. The van der Waals surface area contributed by atoms with Crippen LogP contribution in [0.2, 0.25) is 5.15 Å². The molecule has 0 radical (unpaired) electrons. The van der Waals surface area contributed by atoms with Crippen LogP contribution >= 0.6 is 11.6 Å². The third-order valence-electron chi connectivity index (χ3n) is 8.90. The maximum atomic E-state index is 13.2. The van der Waals surface area contributed by atoms with Crippen LogP contribution in [0.5, 0.6) is 11.5 Å². The van der Waals surface area contributed by atoms with E-state index >= 15 is 0 Å². The minimum absolute atomic E-state index is 0. The van der Waals surface area contributed by atoms with Crippen molar-refractivity contribution in [3.8, 4) is 11.5 Å². The molecule has 4 rings (SSSR count). The van der Waals surface area contributed by atoms with Gasteiger partial charge in [0.15, 0.2) is 35.7 Å². The number of aliphatic hydroxyl groups is 2. The fourth-order valence-electron chi connectivity index (χ4n) is 6.35. The van der Waals surface area contributed by atoms with Gasteiger partial charge in [-0.25, -0.2) is 9.97 Å². The number of amides is 3. The van der Waals surface area contributed by atoms with Crippen molar-refractivity contribution in [2.24, 2.45) is 0 Å². The second-order valence-electron chi connectivity index (χ2n) is 12.9. The minimum Gasteiger partial charge on any atom is -1.00 e. The average molecular weight is 778 g/mol. The van der Waals surface area contributed by atoms with Gasteiger partial charge < -0.3 is 64.0 Å². The zero-order valence-corrected chi connectivity index (χ0v) is 31.2. The van der Waals surface area contributed by atoms with Crippen molar-refractivity contribution in [1.82, 2.24) is 25.9 Å². The van der Waals surface area contributed by atoms with Gasteiger partial charge in [0.2, 0.25) is 0 Å². The monoisotopic (exact) mass is 776 g/mol. The molecule has 0 spiro atoms. The summed E-state index contributed by atoms with van der Waals surface area (Å²) in [5.41, 5.74) is 13.9. The molecule has 2 aromatic carbocycles. The van der Waals surface area contributed by atoms with Gasteiger partial charge in [-0.3, -0.25) is 14.4 Å². The highest BCUT2D eigenvalue weighted by atomic mass is 35.5. The largest absolute Gasteiger partial charge is 1.00 e. The Morgan fingerprint density at radius 3 is 1.81 bits per heavy atom. The second-order valence-corrected chi connectivity index (χ2v) is 13.2. The van der Waals surface area contributed by atoms with Gasteiger partial charge in [-0.15, -0.1) is 0 Å². The lowest BCUT2D eigenvalue weighted by molar-refractivity contribution is -0.933. The molecule has 1 fully saturated rings. The highest BCUT2D eigenvalue weighted by Crippen LogP contribution is 2.25. The van der Waals surface area contributed by atoms with Gasteiger partial charge in [-0.2, -0.15) is 0 Å². The van der Waals surface area contributed by atoms with Gasteiger partial charge >= 0.3 is 0 Å². The van der Waals surface area contributed by atoms with E-state index in [1.807, 2.05) is 48.5 Å². The van der Waals surface area contributed by atoms with Crippen LogP contribution in [0.4, 0.5) is 11.6 Å². The van der Waals surface area contributed by atoms with E-state index in [4.69, 9.17) is 42.8 Å². The Hall–Kier alpha value is -4.41. The first-order valence-corrected chi connectivity index (χ1v) is 17.9. The van der Waals surface area contributed by atoms with Crippen LogP contribution in [0.25, 0.3) is 0 Å². The smallest absolute Gasteiger partial charge is 0.274 e. The number of carbonyl (C=O) groups excluding carboxylic acids is 3. The summed E-state index contributed by atoms with van der Waals surface area (Å²) in [6, 6.07) is 15.3. The summed E-state index contributed by atoms with van der Waals surface area (Å²) in [4.78, 5) is 44.8. The molecule has 1 atom stereocenters. The molecular weight excluding hydrogens is 727 g/mol. The number of aromatic nitrogens is 2. The number of hydrogen-bond acceptors (Lipinski definition) is 11. The van der Waals surface area contributed by atoms with Gasteiger partial charge in [0, 0.05) is 25.9 Å². The number of aryl methyl sites for hydroxylation is 2. The van der Waals surface area contributed by atoms with Crippen molar-refractivity contribution < 1.29 is 51.0 Å². The van der Waals surface area contributed by atoms with E-state index in [9.17, 15) is 14.4 Å². The first-order valence-electron chi connectivity index (χ1n) is 17.5. The quantitative estimate of drug-likeness (QED) is 0.0638. The number of halogens is 2. The van der Waals surface area contributed by atoms with E-state index in [-0.39, 0.29) is 92.3 Å². The number of nitrogen functional groups attached to an aromatic ring is 2. The molecule has 290 valence electrons. The van der Waals surface area contributed by atoms with Gasteiger partial charge in [0.1, 0.15) is 11.5 Å². The zero-order chi connectivity index (χ0) is 37.3. The number of aliphatic hydroxyl groups excluding tert-OH is 2. The van der Waals surface area contributed by atoms with Gasteiger partial charge in [-0.1, -0.05) is 35.9 Å². The van der Waals surface area contributed by atoms with Crippen molar-refractivity contribution in [2.45, 2.75) is 44.6 Å². The number of ether oxygens (including phenoxy) is 2. The third-order valence-corrected chi connectivity index (χ3v) is 9.18. The molecule has 1 saturated heterocycles. The molecule has 0 saturated carbocycles.